The fraction of sp³-hybridized carbons (Fsp3) is 0.235. The Kier molecular flexibility index (Phi) is 5.69. The number of carbonyl (C=O) groups excluding carboxylic acids is 1. The lowest BCUT2D eigenvalue weighted by Crippen LogP contribution is -2.24. The van der Waals surface area contributed by atoms with Gasteiger partial charge >= 0.3 is 0 Å². The number of hydrogen-bond acceptors (Lipinski definition) is 3. The molecule has 1 amide bonds. The molecular formula is C17H19N2OS. The smallest absolute Gasteiger partial charge is 0.230 e. The molecule has 0 aliphatic rings. The topological polar surface area (TPSA) is 32.3 Å². The second-order valence-corrected chi connectivity index (χ2v) is 5.91. The van der Waals surface area contributed by atoms with Crippen molar-refractivity contribution in [1.29, 1.82) is 0 Å². The van der Waals surface area contributed by atoms with E-state index in [9.17, 15) is 4.79 Å². The van der Waals surface area contributed by atoms with Gasteiger partial charge in [-0.05, 0) is 35.9 Å². The molecule has 0 unspecified atom stereocenters. The van der Waals surface area contributed by atoms with E-state index in [0.717, 1.165) is 16.1 Å². The maximum absolute atomic E-state index is 11.9. The highest BCUT2D eigenvalue weighted by molar-refractivity contribution is 8.00. The number of rotatable bonds is 6. The normalized spacial score (nSPS) is 10.2. The number of hydrogen-bond donors (Lipinski definition) is 1. The molecule has 3 nitrogen and oxygen atoms in total. The summed E-state index contributed by atoms with van der Waals surface area (Å²) in [6.07, 6.45) is 0. The summed E-state index contributed by atoms with van der Waals surface area (Å²) in [5.41, 5.74) is 2.24. The SMILES string of the molecule is CN(C)c1cccc(CNC(=O)CSc2cc[c]cc2)c1. The Hall–Kier alpha value is -1.94. The quantitative estimate of drug-likeness (QED) is 0.832. The first-order chi connectivity index (χ1) is 10.1. The van der Waals surface area contributed by atoms with Crippen LogP contribution in [0.1, 0.15) is 5.56 Å². The van der Waals surface area contributed by atoms with Gasteiger partial charge < -0.3 is 10.2 Å². The molecule has 109 valence electrons. The van der Waals surface area contributed by atoms with Gasteiger partial charge in [0, 0.05) is 31.2 Å². The largest absolute Gasteiger partial charge is 0.378 e. The van der Waals surface area contributed by atoms with Crippen LogP contribution in [0.5, 0.6) is 0 Å². The van der Waals surface area contributed by atoms with E-state index in [0.29, 0.717) is 12.3 Å². The van der Waals surface area contributed by atoms with Crippen molar-refractivity contribution in [2.75, 3.05) is 24.7 Å². The Morgan fingerprint density at radius 1 is 1.24 bits per heavy atom. The second-order valence-electron chi connectivity index (χ2n) is 4.87. The van der Waals surface area contributed by atoms with Crippen LogP contribution in [-0.4, -0.2) is 25.8 Å². The fourth-order valence-corrected chi connectivity index (χ4v) is 2.54. The molecule has 1 radical (unpaired) electrons. The van der Waals surface area contributed by atoms with Gasteiger partial charge in [0.15, 0.2) is 0 Å². The predicted molar refractivity (Wildman–Crippen MR) is 88.6 cm³/mol. The standard InChI is InChI=1S/C17H19N2OS/c1-19(2)15-8-6-7-14(11-15)12-18-17(20)13-21-16-9-4-3-5-10-16/h4-11H,12-13H2,1-2H3,(H,18,20). The van der Waals surface area contributed by atoms with Crippen molar-refractivity contribution in [2.45, 2.75) is 11.4 Å². The molecule has 0 aliphatic carbocycles. The van der Waals surface area contributed by atoms with Gasteiger partial charge in [0.25, 0.3) is 0 Å². The Balaban J connectivity index is 1.80. The minimum absolute atomic E-state index is 0.0445. The van der Waals surface area contributed by atoms with E-state index in [-0.39, 0.29) is 5.91 Å². The molecular weight excluding hydrogens is 280 g/mol. The van der Waals surface area contributed by atoms with Crippen molar-refractivity contribution in [3.05, 3.63) is 60.2 Å². The van der Waals surface area contributed by atoms with Crippen molar-refractivity contribution in [3.8, 4) is 0 Å². The summed E-state index contributed by atoms with van der Waals surface area (Å²) in [4.78, 5) is 15.0. The average molecular weight is 299 g/mol. The van der Waals surface area contributed by atoms with Crippen LogP contribution in [0, 0.1) is 6.07 Å². The molecule has 0 fully saturated rings. The molecule has 0 atom stereocenters. The second kappa shape index (κ2) is 7.74. The number of anilines is 1. The van der Waals surface area contributed by atoms with Crippen LogP contribution in [0.25, 0.3) is 0 Å². The third-order valence-corrected chi connectivity index (χ3v) is 3.99. The zero-order valence-corrected chi connectivity index (χ0v) is 13.1. The fourth-order valence-electron chi connectivity index (χ4n) is 1.81. The lowest BCUT2D eigenvalue weighted by atomic mass is 10.2. The van der Waals surface area contributed by atoms with Gasteiger partial charge in [-0.1, -0.05) is 24.3 Å². The third-order valence-electron chi connectivity index (χ3n) is 2.97. The molecule has 0 spiro atoms. The van der Waals surface area contributed by atoms with E-state index < -0.39 is 0 Å². The highest BCUT2D eigenvalue weighted by Gasteiger charge is 2.03. The Morgan fingerprint density at radius 3 is 2.71 bits per heavy atom. The molecule has 0 saturated carbocycles. The summed E-state index contributed by atoms with van der Waals surface area (Å²) in [5.74, 6) is 0.472. The molecule has 0 bridgehead atoms. The highest BCUT2D eigenvalue weighted by atomic mass is 32.2. The zero-order valence-electron chi connectivity index (χ0n) is 12.3. The van der Waals surface area contributed by atoms with Crippen molar-refractivity contribution in [3.63, 3.8) is 0 Å². The number of nitrogens with zero attached hydrogens (tertiary/aromatic N) is 1. The summed E-state index contributed by atoms with van der Waals surface area (Å²) >= 11 is 1.53. The van der Waals surface area contributed by atoms with Gasteiger partial charge in [-0.25, -0.2) is 0 Å². The van der Waals surface area contributed by atoms with Crippen molar-refractivity contribution >= 4 is 23.4 Å². The molecule has 2 aromatic carbocycles. The van der Waals surface area contributed by atoms with E-state index >= 15 is 0 Å². The van der Waals surface area contributed by atoms with Crippen molar-refractivity contribution in [1.82, 2.24) is 5.32 Å². The minimum atomic E-state index is 0.0445. The third kappa shape index (κ3) is 5.16. The van der Waals surface area contributed by atoms with Gasteiger partial charge in [0.05, 0.1) is 5.75 Å². The van der Waals surface area contributed by atoms with Crippen LogP contribution in [0.2, 0.25) is 0 Å². The van der Waals surface area contributed by atoms with E-state index in [1.54, 1.807) is 0 Å². The summed E-state index contributed by atoms with van der Waals surface area (Å²) in [5, 5.41) is 2.95. The van der Waals surface area contributed by atoms with E-state index in [4.69, 9.17) is 0 Å². The zero-order chi connectivity index (χ0) is 15.1. The Labute approximate surface area is 130 Å². The number of amides is 1. The van der Waals surface area contributed by atoms with E-state index in [1.807, 2.05) is 61.5 Å². The molecule has 4 heteroatoms. The molecule has 0 heterocycles. The van der Waals surface area contributed by atoms with E-state index in [2.05, 4.69) is 17.4 Å². The van der Waals surface area contributed by atoms with Crippen molar-refractivity contribution < 1.29 is 4.79 Å². The van der Waals surface area contributed by atoms with Gasteiger partial charge in [0.2, 0.25) is 5.91 Å². The van der Waals surface area contributed by atoms with Gasteiger partial charge in [0.1, 0.15) is 0 Å². The van der Waals surface area contributed by atoms with Crippen LogP contribution in [-0.2, 0) is 11.3 Å². The van der Waals surface area contributed by atoms with E-state index in [1.165, 1.54) is 11.8 Å². The number of carbonyl (C=O) groups is 1. The summed E-state index contributed by atoms with van der Waals surface area (Å²) in [6.45, 7) is 0.559. The number of nitrogens with one attached hydrogen (secondary N) is 1. The summed E-state index contributed by atoms with van der Waals surface area (Å²) in [7, 11) is 4.01. The summed E-state index contributed by atoms with van der Waals surface area (Å²) in [6, 6.07) is 18.7. The average Bonchev–Trinajstić information content (AvgIpc) is 2.52. The van der Waals surface area contributed by atoms with Crippen LogP contribution < -0.4 is 10.2 Å². The minimum Gasteiger partial charge on any atom is -0.378 e. The number of benzene rings is 2. The highest BCUT2D eigenvalue weighted by Crippen LogP contribution is 2.16. The van der Waals surface area contributed by atoms with Gasteiger partial charge in [-0.2, -0.15) is 0 Å². The first-order valence-electron chi connectivity index (χ1n) is 6.77. The van der Waals surface area contributed by atoms with Crippen LogP contribution in [0.3, 0.4) is 0 Å². The van der Waals surface area contributed by atoms with Crippen LogP contribution in [0.15, 0.2) is 53.4 Å². The monoisotopic (exact) mass is 299 g/mol. The molecule has 21 heavy (non-hydrogen) atoms. The lowest BCUT2D eigenvalue weighted by Gasteiger charge is -2.13. The van der Waals surface area contributed by atoms with Gasteiger partial charge in [-0.15, -0.1) is 11.8 Å². The Bertz CT molecular complexity index is 584. The molecule has 2 rings (SSSR count). The maximum Gasteiger partial charge on any atom is 0.230 e. The van der Waals surface area contributed by atoms with Gasteiger partial charge in [-0.3, -0.25) is 4.79 Å². The first-order valence-corrected chi connectivity index (χ1v) is 7.75. The summed E-state index contributed by atoms with van der Waals surface area (Å²) < 4.78 is 0. The molecule has 0 saturated heterocycles. The predicted octanol–water partition coefficient (Wildman–Crippen LogP) is 2.96. The molecule has 1 N–H and O–H groups in total. The maximum atomic E-state index is 11.9. The molecule has 0 aromatic heterocycles. The van der Waals surface area contributed by atoms with Crippen LogP contribution in [0.4, 0.5) is 5.69 Å². The Morgan fingerprint density at radius 2 is 2.00 bits per heavy atom. The number of thioether (sulfide) groups is 1. The molecule has 0 aliphatic heterocycles. The molecule has 2 aromatic rings. The first kappa shape index (κ1) is 15.4. The van der Waals surface area contributed by atoms with Crippen molar-refractivity contribution in [2.24, 2.45) is 0 Å². The van der Waals surface area contributed by atoms with Crippen LogP contribution >= 0.6 is 11.8 Å². The lowest BCUT2D eigenvalue weighted by molar-refractivity contribution is -0.118.